The van der Waals surface area contributed by atoms with E-state index in [1.54, 1.807) is 13.8 Å². The van der Waals surface area contributed by atoms with Crippen molar-refractivity contribution in [2.45, 2.75) is 13.8 Å². The lowest BCUT2D eigenvalue weighted by Crippen LogP contribution is -2.38. The van der Waals surface area contributed by atoms with E-state index in [-0.39, 0.29) is 12.5 Å². The van der Waals surface area contributed by atoms with E-state index in [1.807, 2.05) is 40.5 Å². The minimum Gasteiger partial charge on any atom is -0.481 e. The number of nitrogens with one attached hydrogen (secondary N) is 1. The molecule has 0 bridgehead atoms. The van der Waals surface area contributed by atoms with Crippen molar-refractivity contribution in [1.29, 1.82) is 0 Å². The molecule has 2 aromatic rings. The van der Waals surface area contributed by atoms with Crippen LogP contribution in [0.25, 0.3) is 5.69 Å². The van der Waals surface area contributed by atoms with Gasteiger partial charge in [-0.1, -0.05) is 0 Å². The maximum absolute atomic E-state index is 12.2. The average Bonchev–Trinajstić information content (AvgIpc) is 3.05. The van der Waals surface area contributed by atoms with E-state index in [2.05, 4.69) is 5.32 Å². The van der Waals surface area contributed by atoms with Crippen molar-refractivity contribution in [3.8, 4) is 5.69 Å². The number of carboxylic acid groups (broad SMARTS) is 1. The molecule has 0 aliphatic rings. The van der Waals surface area contributed by atoms with Crippen LogP contribution in [-0.4, -0.2) is 28.1 Å². The van der Waals surface area contributed by atoms with Crippen molar-refractivity contribution in [3.05, 3.63) is 40.8 Å². The lowest BCUT2D eigenvalue weighted by Gasteiger charge is -2.19. The molecule has 2 N–H and O–H groups in total. The number of nitrogens with zero attached hydrogens (tertiary/aromatic N) is 1. The van der Waals surface area contributed by atoms with Crippen molar-refractivity contribution in [3.63, 3.8) is 0 Å². The monoisotopic (exact) mass is 292 g/mol. The third-order valence-corrected chi connectivity index (χ3v) is 3.91. The van der Waals surface area contributed by atoms with Crippen LogP contribution in [-0.2, 0) is 4.79 Å². The highest BCUT2D eigenvalue weighted by molar-refractivity contribution is 7.12. The topological polar surface area (TPSA) is 71.3 Å². The van der Waals surface area contributed by atoms with Gasteiger partial charge in [-0.3, -0.25) is 9.59 Å². The van der Waals surface area contributed by atoms with E-state index < -0.39 is 11.4 Å². The zero-order valence-electron chi connectivity index (χ0n) is 11.3. The number of carboxylic acids is 1. The van der Waals surface area contributed by atoms with E-state index >= 15 is 0 Å². The van der Waals surface area contributed by atoms with Crippen LogP contribution in [0.15, 0.2) is 36.0 Å². The molecule has 1 amide bonds. The number of carbonyl (C=O) groups is 2. The van der Waals surface area contributed by atoms with Gasteiger partial charge in [-0.2, -0.15) is 0 Å². The first kappa shape index (κ1) is 14.3. The van der Waals surface area contributed by atoms with E-state index in [4.69, 9.17) is 5.11 Å². The van der Waals surface area contributed by atoms with Gasteiger partial charge in [0.2, 0.25) is 0 Å². The van der Waals surface area contributed by atoms with Crippen molar-refractivity contribution >= 4 is 23.2 Å². The molecule has 2 rings (SSSR count). The summed E-state index contributed by atoms with van der Waals surface area (Å²) in [7, 11) is 0. The maximum Gasteiger partial charge on any atom is 0.310 e. The normalized spacial score (nSPS) is 11.3. The van der Waals surface area contributed by atoms with Gasteiger partial charge < -0.3 is 15.0 Å². The molecule has 0 aromatic carbocycles. The number of rotatable bonds is 5. The van der Waals surface area contributed by atoms with E-state index in [1.165, 1.54) is 11.3 Å². The lowest BCUT2D eigenvalue weighted by molar-refractivity contribution is -0.146. The lowest BCUT2D eigenvalue weighted by atomic mass is 9.94. The van der Waals surface area contributed by atoms with Crippen molar-refractivity contribution in [2.75, 3.05) is 6.54 Å². The first-order valence-corrected chi connectivity index (χ1v) is 7.02. The minimum absolute atomic E-state index is 0.0875. The molecule has 0 spiro atoms. The maximum atomic E-state index is 12.2. The van der Waals surface area contributed by atoms with E-state index in [9.17, 15) is 9.59 Å². The Morgan fingerprint density at radius 2 is 2.00 bits per heavy atom. The highest BCUT2D eigenvalue weighted by Gasteiger charge is 2.28. The Bertz CT molecular complexity index is 614. The fraction of sp³-hybridized carbons (Fsp3) is 0.286. The fourth-order valence-electron chi connectivity index (χ4n) is 1.63. The molecule has 0 unspecified atom stereocenters. The zero-order valence-corrected chi connectivity index (χ0v) is 12.1. The molecule has 20 heavy (non-hydrogen) atoms. The van der Waals surface area contributed by atoms with Crippen molar-refractivity contribution < 1.29 is 14.7 Å². The van der Waals surface area contributed by atoms with Crippen LogP contribution in [0.2, 0.25) is 0 Å². The Morgan fingerprint density at radius 1 is 1.35 bits per heavy atom. The Morgan fingerprint density at radius 3 is 2.60 bits per heavy atom. The number of aliphatic carboxylic acids is 1. The molecular weight excluding hydrogens is 276 g/mol. The number of carbonyl (C=O) groups excluding carboxylic acids is 1. The van der Waals surface area contributed by atoms with Crippen LogP contribution in [0.3, 0.4) is 0 Å². The number of hydrogen-bond donors (Lipinski definition) is 2. The Kier molecular flexibility index (Phi) is 3.94. The largest absolute Gasteiger partial charge is 0.481 e. The van der Waals surface area contributed by atoms with Crippen LogP contribution < -0.4 is 5.32 Å². The summed E-state index contributed by atoms with van der Waals surface area (Å²) < 4.78 is 1.85. The van der Waals surface area contributed by atoms with Crippen molar-refractivity contribution in [2.24, 2.45) is 5.41 Å². The molecule has 5 nitrogen and oxygen atoms in total. The SMILES string of the molecule is CC(C)(CNC(=O)c1sccc1-n1cccc1)C(=O)O. The molecule has 0 aliphatic carbocycles. The van der Waals surface area contributed by atoms with Crippen molar-refractivity contribution in [1.82, 2.24) is 9.88 Å². The molecule has 2 heterocycles. The van der Waals surface area contributed by atoms with Gasteiger partial charge in [0, 0.05) is 18.9 Å². The Hall–Kier alpha value is -2.08. The molecule has 6 heteroatoms. The molecule has 0 atom stereocenters. The third kappa shape index (κ3) is 2.91. The molecule has 106 valence electrons. The van der Waals surface area contributed by atoms with E-state index in [0.29, 0.717) is 4.88 Å². The average molecular weight is 292 g/mol. The fourth-order valence-corrected chi connectivity index (χ4v) is 2.43. The summed E-state index contributed by atoms with van der Waals surface area (Å²) in [6.07, 6.45) is 3.72. The molecule has 0 fully saturated rings. The van der Waals surface area contributed by atoms with Crippen LogP contribution in [0.4, 0.5) is 0 Å². The van der Waals surface area contributed by atoms with E-state index in [0.717, 1.165) is 5.69 Å². The van der Waals surface area contributed by atoms with Gasteiger partial charge in [-0.15, -0.1) is 11.3 Å². The van der Waals surface area contributed by atoms with Gasteiger partial charge in [0.25, 0.3) is 5.91 Å². The predicted octanol–water partition coefficient (Wildman–Crippen LogP) is 2.38. The van der Waals surface area contributed by atoms with Gasteiger partial charge >= 0.3 is 5.97 Å². The molecule has 0 radical (unpaired) electrons. The number of hydrogen-bond acceptors (Lipinski definition) is 3. The quantitative estimate of drug-likeness (QED) is 0.888. The second-order valence-corrected chi connectivity index (χ2v) is 6.01. The number of aromatic nitrogens is 1. The summed E-state index contributed by atoms with van der Waals surface area (Å²) in [6.45, 7) is 3.25. The van der Waals surface area contributed by atoms with Crippen LogP contribution in [0.1, 0.15) is 23.5 Å². The zero-order chi connectivity index (χ0) is 14.8. The van der Waals surface area contributed by atoms with Gasteiger partial charge in [0.1, 0.15) is 4.88 Å². The summed E-state index contributed by atoms with van der Waals surface area (Å²) in [4.78, 5) is 23.8. The molecule has 0 saturated carbocycles. The van der Waals surface area contributed by atoms with Crippen LogP contribution in [0, 0.1) is 5.41 Å². The van der Waals surface area contributed by atoms with Crippen LogP contribution in [0.5, 0.6) is 0 Å². The summed E-state index contributed by atoms with van der Waals surface area (Å²) in [5.74, 6) is -1.19. The highest BCUT2D eigenvalue weighted by atomic mass is 32.1. The second-order valence-electron chi connectivity index (χ2n) is 5.10. The minimum atomic E-state index is -0.986. The number of thiophene rings is 1. The Labute approximate surface area is 120 Å². The second kappa shape index (κ2) is 5.50. The summed E-state index contributed by atoms with van der Waals surface area (Å²) in [5, 5.41) is 13.6. The summed E-state index contributed by atoms with van der Waals surface area (Å²) in [6, 6.07) is 5.63. The third-order valence-electron chi connectivity index (χ3n) is 3.00. The van der Waals surface area contributed by atoms with Gasteiger partial charge in [-0.05, 0) is 37.4 Å². The van der Waals surface area contributed by atoms with Gasteiger partial charge in [-0.25, -0.2) is 0 Å². The summed E-state index contributed by atoms with van der Waals surface area (Å²) >= 11 is 1.33. The number of amides is 1. The van der Waals surface area contributed by atoms with Crippen LogP contribution >= 0.6 is 11.3 Å². The first-order chi connectivity index (χ1) is 9.42. The standard InChI is InChI=1S/C14H16N2O3S/c1-14(2,13(18)19)9-15-12(17)11-10(5-8-20-11)16-6-3-4-7-16/h3-8H,9H2,1-2H3,(H,15,17)(H,18,19). The molecule has 0 saturated heterocycles. The smallest absolute Gasteiger partial charge is 0.310 e. The predicted molar refractivity (Wildman–Crippen MR) is 77.4 cm³/mol. The van der Waals surface area contributed by atoms with Gasteiger partial charge in [0.05, 0.1) is 11.1 Å². The van der Waals surface area contributed by atoms with Gasteiger partial charge in [0.15, 0.2) is 0 Å². The Balaban J connectivity index is 2.12. The molecule has 0 aliphatic heterocycles. The first-order valence-electron chi connectivity index (χ1n) is 6.14. The summed E-state index contributed by atoms with van der Waals surface area (Å²) in [5.41, 5.74) is -0.189. The highest BCUT2D eigenvalue weighted by Crippen LogP contribution is 2.22. The molecule has 2 aromatic heterocycles. The molecular formula is C14H16N2O3S.